The van der Waals surface area contributed by atoms with E-state index in [-0.39, 0.29) is 25.1 Å². The van der Waals surface area contributed by atoms with Crippen molar-refractivity contribution < 1.29 is 5.11 Å². The number of aliphatic hydroxyl groups is 1. The van der Waals surface area contributed by atoms with Gasteiger partial charge in [-0.1, -0.05) is 6.07 Å². The second-order valence-electron chi connectivity index (χ2n) is 3.33. The topological polar surface area (TPSA) is 63.5 Å². The Morgan fingerprint density at radius 1 is 1.40 bits per heavy atom. The highest BCUT2D eigenvalue weighted by molar-refractivity contribution is 5.85. The number of hydrogen-bond donors (Lipinski definition) is 2. The van der Waals surface area contributed by atoms with Crippen LogP contribution >= 0.6 is 12.4 Å². The van der Waals surface area contributed by atoms with Crippen LogP contribution in [0.4, 0.5) is 0 Å². The van der Waals surface area contributed by atoms with E-state index in [1.165, 1.54) is 0 Å². The van der Waals surface area contributed by atoms with Crippen LogP contribution in [0.25, 0.3) is 5.52 Å². The first kappa shape index (κ1) is 12.0. The molecule has 1 atom stereocenters. The monoisotopic (exact) mass is 227 g/mol. The molecule has 0 saturated carbocycles. The first-order valence-electron chi connectivity index (χ1n) is 4.59. The summed E-state index contributed by atoms with van der Waals surface area (Å²) in [4.78, 5) is 0. The number of aromatic nitrogens is 2. The average Bonchev–Trinajstić information content (AvgIpc) is 2.66. The fourth-order valence-corrected chi connectivity index (χ4v) is 1.50. The van der Waals surface area contributed by atoms with Crippen molar-refractivity contribution in [2.45, 2.75) is 12.5 Å². The summed E-state index contributed by atoms with van der Waals surface area (Å²) < 4.78 is 1.84. The smallest absolute Gasteiger partial charge is 0.0664 e. The van der Waals surface area contributed by atoms with Crippen molar-refractivity contribution >= 4 is 17.9 Å². The lowest BCUT2D eigenvalue weighted by atomic mass is 10.1. The number of rotatable bonds is 3. The van der Waals surface area contributed by atoms with Crippen molar-refractivity contribution in [1.29, 1.82) is 0 Å². The van der Waals surface area contributed by atoms with Gasteiger partial charge >= 0.3 is 0 Å². The van der Waals surface area contributed by atoms with E-state index in [4.69, 9.17) is 10.8 Å². The molecule has 3 N–H and O–H groups in total. The first-order valence-corrected chi connectivity index (χ1v) is 4.59. The van der Waals surface area contributed by atoms with Crippen molar-refractivity contribution in [2.24, 2.45) is 5.73 Å². The molecule has 0 aromatic carbocycles. The summed E-state index contributed by atoms with van der Waals surface area (Å²) in [5, 5.41) is 13.0. The number of nitrogens with zero attached hydrogens (tertiary/aromatic N) is 2. The Kier molecular flexibility index (Phi) is 4.08. The van der Waals surface area contributed by atoms with Crippen LogP contribution in [0.5, 0.6) is 0 Å². The van der Waals surface area contributed by atoms with Crippen LogP contribution in [-0.2, 0) is 6.42 Å². The van der Waals surface area contributed by atoms with Crippen LogP contribution < -0.4 is 5.73 Å². The standard InChI is InChI=1S/C10H13N3O.ClH/c11-8(7-14)6-10-3-1-2-9-4-5-12-13(9)10;/h1-5,8,14H,6-7,11H2;1H. The van der Waals surface area contributed by atoms with Gasteiger partial charge in [0.15, 0.2) is 0 Å². The van der Waals surface area contributed by atoms with Gasteiger partial charge in [-0.15, -0.1) is 12.4 Å². The lowest BCUT2D eigenvalue weighted by Crippen LogP contribution is -2.27. The van der Waals surface area contributed by atoms with Crippen LogP contribution in [0.15, 0.2) is 30.5 Å². The van der Waals surface area contributed by atoms with Gasteiger partial charge in [0.2, 0.25) is 0 Å². The van der Waals surface area contributed by atoms with Crippen molar-refractivity contribution in [2.75, 3.05) is 6.61 Å². The lowest BCUT2D eigenvalue weighted by Gasteiger charge is -2.09. The van der Waals surface area contributed by atoms with Crippen molar-refractivity contribution in [3.8, 4) is 0 Å². The van der Waals surface area contributed by atoms with Gasteiger partial charge in [-0.05, 0) is 18.2 Å². The van der Waals surface area contributed by atoms with Gasteiger partial charge in [-0.25, -0.2) is 4.52 Å². The summed E-state index contributed by atoms with van der Waals surface area (Å²) >= 11 is 0. The maximum Gasteiger partial charge on any atom is 0.0664 e. The van der Waals surface area contributed by atoms with Gasteiger partial charge in [0.05, 0.1) is 12.1 Å². The molecule has 0 amide bonds. The number of aliphatic hydroxyl groups excluding tert-OH is 1. The summed E-state index contributed by atoms with van der Waals surface area (Å²) in [6.45, 7) is -0.00233. The minimum absolute atomic E-state index is 0. The Balaban J connectivity index is 0.00000112. The molecule has 4 nitrogen and oxygen atoms in total. The maximum atomic E-state index is 8.86. The third-order valence-electron chi connectivity index (χ3n) is 2.21. The summed E-state index contributed by atoms with van der Waals surface area (Å²) in [6, 6.07) is 7.64. The molecule has 0 aliphatic carbocycles. The summed E-state index contributed by atoms with van der Waals surface area (Å²) in [5.74, 6) is 0. The number of pyridine rings is 1. The number of nitrogens with two attached hydrogens (primary N) is 1. The first-order chi connectivity index (χ1) is 6.81. The Morgan fingerprint density at radius 3 is 2.93 bits per heavy atom. The Bertz CT molecular complexity index is 429. The van der Waals surface area contributed by atoms with E-state index in [0.717, 1.165) is 11.2 Å². The predicted molar refractivity (Wildman–Crippen MR) is 61.2 cm³/mol. The number of halogens is 1. The molecule has 0 aliphatic rings. The van der Waals surface area contributed by atoms with Gasteiger partial charge in [0, 0.05) is 24.4 Å². The molecule has 5 heteroatoms. The lowest BCUT2D eigenvalue weighted by molar-refractivity contribution is 0.264. The molecule has 15 heavy (non-hydrogen) atoms. The van der Waals surface area contributed by atoms with Crippen LogP contribution in [0.2, 0.25) is 0 Å². The summed E-state index contributed by atoms with van der Waals surface area (Å²) in [6.07, 6.45) is 2.39. The fourth-order valence-electron chi connectivity index (χ4n) is 1.50. The van der Waals surface area contributed by atoms with E-state index in [9.17, 15) is 0 Å². The van der Waals surface area contributed by atoms with Crippen LogP contribution in [-0.4, -0.2) is 27.4 Å². The molecule has 2 aromatic heterocycles. The zero-order valence-corrected chi connectivity index (χ0v) is 9.02. The Morgan fingerprint density at radius 2 is 2.20 bits per heavy atom. The molecule has 0 radical (unpaired) electrons. The van der Waals surface area contributed by atoms with E-state index < -0.39 is 0 Å². The van der Waals surface area contributed by atoms with Gasteiger partial charge in [-0.2, -0.15) is 5.10 Å². The van der Waals surface area contributed by atoms with Gasteiger partial charge in [0.1, 0.15) is 0 Å². The Hall–Kier alpha value is -1.10. The molecule has 0 spiro atoms. The quantitative estimate of drug-likeness (QED) is 0.808. The molecule has 0 saturated heterocycles. The molecule has 0 fully saturated rings. The minimum Gasteiger partial charge on any atom is -0.395 e. The highest BCUT2D eigenvalue weighted by Gasteiger charge is 2.05. The SMILES string of the molecule is Cl.NC(CO)Cc1cccc2ccnn12. The third kappa shape index (κ3) is 2.47. The third-order valence-corrected chi connectivity index (χ3v) is 2.21. The molecule has 2 heterocycles. The van der Waals surface area contributed by atoms with E-state index in [1.807, 2.05) is 28.8 Å². The van der Waals surface area contributed by atoms with E-state index >= 15 is 0 Å². The summed E-state index contributed by atoms with van der Waals surface area (Å²) in [7, 11) is 0. The fraction of sp³-hybridized carbons (Fsp3) is 0.300. The number of hydrogen-bond acceptors (Lipinski definition) is 3. The minimum atomic E-state index is -0.218. The van der Waals surface area contributed by atoms with E-state index in [2.05, 4.69) is 5.10 Å². The van der Waals surface area contributed by atoms with Crippen LogP contribution in [0, 0.1) is 0 Å². The zero-order valence-electron chi connectivity index (χ0n) is 8.21. The largest absolute Gasteiger partial charge is 0.395 e. The average molecular weight is 228 g/mol. The molecule has 2 aromatic rings. The molecule has 2 rings (SSSR count). The maximum absolute atomic E-state index is 8.86. The summed E-state index contributed by atoms with van der Waals surface area (Å²) in [5.41, 5.74) is 7.74. The molecule has 1 unspecified atom stereocenters. The van der Waals surface area contributed by atoms with Crippen molar-refractivity contribution in [3.05, 3.63) is 36.2 Å². The van der Waals surface area contributed by atoms with Gasteiger partial charge < -0.3 is 10.8 Å². The van der Waals surface area contributed by atoms with E-state index in [0.29, 0.717) is 6.42 Å². The molecule has 0 aliphatic heterocycles. The van der Waals surface area contributed by atoms with Crippen molar-refractivity contribution in [1.82, 2.24) is 9.61 Å². The van der Waals surface area contributed by atoms with Gasteiger partial charge in [0.25, 0.3) is 0 Å². The highest BCUT2D eigenvalue weighted by Crippen LogP contribution is 2.07. The Labute approximate surface area is 94.1 Å². The second-order valence-corrected chi connectivity index (χ2v) is 3.33. The molecule has 0 bridgehead atoms. The zero-order chi connectivity index (χ0) is 9.97. The van der Waals surface area contributed by atoms with Crippen molar-refractivity contribution in [3.63, 3.8) is 0 Å². The molecule has 82 valence electrons. The molecular formula is C10H14ClN3O. The van der Waals surface area contributed by atoms with Crippen LogP contribution in [0.1, 0.15) is 5.69 Å². The van der Waals surface area contributed by atoms with Gasteiger partial charge in [-0.3, -0.25) is 0 Å². The second kappa shape index (κ2) is 5.11. The normalized spacial score (nSPS) is 12.4. The van der Waals surface area contributed by atoms with E-state index in [1.54, 1.807) is 6.20 Å². The highest BCUT2D eigenvalue weighted by atomic mass is 35.5. The number of fused-ring (bicyclic) bond motifs is 1. The molecular weight excluding hydrogens is 214 g/mol. The predicted octanol–water partition coefficient (Wildman–Crippen LogP) is 0.618. The van der Waals surface area contributed by atoms with Crippen LogP contribution in [0.3, 0.4) is 0 Å².